The second kappa shape index (κ2) is 7.46. The maximum absolute atomic E-state index is 12.4. The number of hydrogen-bond donors (Lipinski definition) is 0. The number of fused-ring (bicyclic) bond motifs is 2. The predicted molar refractivity (Wildman–Crippen MR) is 110 cm³/mol. The lowest BCUT2D eigenvalue weighted by molar-refractivity contribution is 0.0214. The number of anilines is 1. The number of likely N-dealkylation sites (tertiary alicyclic amines) is 1. The highest BCUT2D eigenvalue weighted by molar-refractivity contribution is 5.70. The van der Waals surface area contributed by atoms with Crippen LogP contribution in [-0.4, -0.2) is 53.9 Å². The lowest BCUT2D eigenvalue weighted by atomic mass is 10.2. The first-order chi connectivity index (χ1) is 13.8. The lowest BCUT2D eigenvalue weighted by Gasteiger charge is -2.36. The van der Waals surface area contributed by atoms with Crippen LogP contribution in [0, 0.1) is 0 Å². The van der Waals surface area contributed by atoms with Gasteiger partial charge in [-0.3, -0.25) is 4.98 Å². The summed E-state index contributed by atoms with van der Waals surface area (Å²) in [6, 6.07) is 9.90. The Labute approximate surface area is 171 Å². The number of aromatic nitrogens is 1. The fraction of sp³-hybridized carbons (Fsp3) is 0.455. The Balaban J connectivity index is 1.43. The van der Waals surface area contributed by atoms with E-state index in [9.17, 15) is 4.79 Å². The maximum Gasteiger partial charge on any atom is 0.410 e. The summed E-state index contributed by atoms with van der Waals surface area (Å²) < 4.78 is 16.8. The molecular formula is C22H27N3O4. The molecule has 1 aromatic heterocycles. The zero-order valence-electron chi connectivity index (χ0n) is 17.3. The molecule has 2 aliphatic heterocycles. The topological polar surface area (TPSA) is 64.1 Å². The number of carbonyl (C=O) groups excluding carboxylic acids is 1. The van der Waals surface area contributed by atoms with Gasteiger partial charge in [0, 0.05) is 31.3 Å². The van der Waals surface area contributed by atoms with Crippen molar-refractivity contribution in [1.82, 2.24) is 9.88 Å². The Morgan fingerprint density at radius 3 is 2.55 bits per heavy atom. The van der Waals surface area contributed by atoms with Crippen LogP contribution in [-0.2, 0) is 4.74 Å². The summed E-state index contributed by atoms with van der Waals surface area (Å²) in [6.45, 7) is 7.12. The molecule has 1 aromatic carbocycles. The van der Waals surface area contributed by atoms with E-state index in [-0.39, 0.29) is 18.2 Å². The van der Waals surface area contributed by atoms with E-state index in [2.05, 4.69) is 9.88 Å². The highest BCUT2D eigenvalue weighted by atomic mass is 16.6. The van der Waals surface area contributed by atoms with E-state index >= 15 is 0 Å². The molecule has 1 amide bonds. The molecule has 0 spiro atoms. The number of carbonyl (C=O) groups is 1. The number of rotatable bonds is 4. The Morgan fingerprint density at radius 1 is 1.07 bits per heavy atom. The van der Waals surface area contributed by atoms with Crippen LogP contribution in [0.15, 0.2) is 42.7 Å². The summed E-state index contributed by atoms with van der Waals surface area (Å²) in [5, 5.41) is 0. The van der Waals surface area contributed by atoms with E-state index in [1.807, 2.05) is 62.2 Å². The van der Waals surface area contributed by atoms with Gasteiger partial charge in [0.1, 0.15) is 22.8 Å². The van der Waals surface area contributed by atoms with Crippen molar-refractivity contribution in [3.05, 3.63) is 42.7 Å². The van der Waals surface area contributed by atoms with Gasteiger partial charge in [-0.15, -0.1) is 0 Å². The van der Waals surface area contributed by atoms with E-state index in [0.717, 1.165) is 24.4 Å². The van der Waals surface area contributed by atoms with E-state index in [0.29, 0.717) is 18.0 Å². The van der Waals surface area contributed by atoms with Crippen molar-refractivity contribution in [2.45, 2.75) is 44.9 Å². The molecule has 0 unspecified atom stereocenters. The fourth-order valence-corrected chi connectivity index (χ4v) is 3.95. The number of piperazine rings is 1. The monoisotopic (exact) mass is 397 g/mol. The van der Waals surface area contributed by atoms with Crippen LogP contribution >= 0.6 is 0 Å². The number of benzene rings is 1. The minimum absolute atomic E-state index is 0.165. The number of methoxy groups -OCH3 is 1. The lowest BCUT2D eigenvalue weighted by Crippen LogP contribution is -2.50. The normalized spacial score (nSPS) is 20.7. The summed E-state index contributed by atoms with van der Waals surface area (Å²) in [4.78, 5) is 21.0. The van der Waals surface area contributed by atoms with Gasteiger partial charge in [-0.2, -0.15) is 0 Å². The smallest absolute Gasteiger partial charge is 0.410 e. The number of nitrogens with zero attached hydrogens (tertiary/aromatic N) is 3. The molecule has 0 radical (unpaired) electrons. The van der Waals surface area contributed by atoms with Crippen molar-refractivity contribution in [2.24, 2.45) is 0 Å². The molecule has 7 heteroatoms. The quantitative estimate of drug-likeness (QED) is 0.775. The van der Waals surface area contributed by atoms with Crippen molar-refractivity contribution < 1.29 is 19.0 Å². The Bertz CT molecular complexity index is 896. The molecule has 2 aliphatic rings. The van der Waals surface area contributed by atoms with Gasteiger partial charge in [-0.25, -0.2) is 4.79 Å². The van der Waals surface area contributed by atoms with E-state index in [4.69, 9.17) is 14.2 Å². The molecule has 2 fully saturated rings. The molecule has 7 nitrogen and oxygen atoms in total. The number of hydrogen-bond acceptors (Lipinski definition) is 6. The van der Waals surface area contributed by atoms with E-state index < -0.39 is 5.60 Å². The zero-order valence-corrected chi connectivity index (χ0v) is 17.3. The minimum atomic E-state index is -0.478. The maximum atomic E-state index is 12.4. The van der Waals surface area contributed by atoms with Crippen molar-refractivity contribution in [2.75, 3.05) is 25.1 Å². The summed E-state index contributed by atoms with van der Waals surface area (Å²) in [6.07, 6.45) is 4.26. The minimum Gasteiger partial charge on any atom is -0.497 e. The number of amides is 1. The molecule has 3 heterocycles. The van der Waals surface area contributed by atoms with Crippen molar-refractivity contribution in [1.29, 1.82) is 0 Å². The highest BCUT2D eigenvalue weighted by Gasteiger charge is 2.46. The molecule has 2 bridgehead atoms. The largest absolute Gasteiger partial charge is 0.497 e. The van der Waals surface area contributed by atoms with Crippen LogP contribution in [0.1, 0.15) is 27.2 Å². The van der Waals surface area contributed by atoms with Crippen LogP contribution in [0.4, 0.5) is 10.5 Å². The molecule has 2 atom stereocenters. The van der Waals surface area contributed by atoms with Gasteiger partial charge in [0.05, 0.1) is 31.2 Å². The van der Waals surface area contributed by atoms with Gasteiger partial charge in [0.2, 0.25) is 0 Å². The molecule has 0 N–H and O–H groups in total. The Hall–Kier alpha value is -2.96. The zero-order chi connectivity index (χ0) is 20.6. The first-order valence-electron chi connectivity index (χ1n) is 9.85. The Morgan fingerprint density at radius 2 is 1.86 bits per heavy atom. The molecule has 0 saturated carbocycles. The van der Waals surface area contributed by atoms with Gasteiger partial charge in [-0.05, 0) is 39.3 Å². The number of pyridine rings is 1. The van der Waals surface area contributed by atoms with Crippen molar-refractivity contribution in [3.8, 4) is 17.2 Å². The van der Waals surface area contributed by atoms with Gasteiger partial charge in [0.25, 0.3) is 0 Å². The van der Waals surface area contributed by atoms with Gasteiger partial charge < -0.3 is 24.0 Å². The second-order valence-corrected chi connectivity index (χ2v) is 8.49. The third kappa shape index (κ3) is 4.23. The van der Waals surface area contributed by atoms with Gasteiger partial charge in [-0.1, -0.05) is 6.07 Å². The molecule has 4 rings (SSSR count). The predicted octanol–water partition coefficient (Wildman–Crippen LogP) is 4.08. The van der Waals surface area contributed by atoms with E-state index in [1.54, 1.807) is 13.3 Å². The average molecular weight is 397 g/mol. The second-order valence-electron chi connectivity index (χ2n) is 8.49. The molecule has 154 valence electrons. The van der Waals surface area contributed by atoms with Crippen LogP contribution in [0.5, 0.6) is 17.2 Å². The summed E-state index contributed by atoms with van der Waals surface area (Å²) >= 11 is 0. The summed E-state index contributed by atoms with van der Waals surface area (Å²) in [5.41, 5.74) is 0.524. The average Bonchev–Trinajstić information content (AvgIpc) is 3.28. The SMILES string of the molecule is COc1cccc(Oc2cncc(N3C[C@@H]4C[C@H]3CN4C(=O)OC(C)(C)C)c2)c1. The third-order valence-electron chi connectivity index (χ3n) is 5.18. The van der Waals surface area contributed by atoms with Crippen LogP contribution in [0.3, 0.4) is 0 Å². The first kappa shape index (κ1) is 19.4. The molecule has 2 aromatic rings. The van der Waals surface area contributed by atoms with Gasteiger partial charge in [0.15, 0.2) is 0 Å². The van der Waals surface area contributed by atoms with Gasteiger partial charge >= 0.3 is 6.09 Å². The molecule has 2 saturated heterocycles. The molecule has 0 aliphatic carbocycles. The summed E-state index contributed by atoms with van der Waals surface area (Å²) in [7, 11) is 1.63. The molecular weight excluding hydrogens is 370 g/mol. The first-order valence-corrected chi connectivity index (χ1v) is 9.85. The van der Waals surface area contributed by atoms with Crippen LogP contribution in [0.25, 0.3) is 0 Å². The number of ether oxygens (including phenoxy) is 3. The highest BCUT2D eigenvalue weighted by Crippen LogP contribution is 2.36. The summed E-state index contributed by atoms with van der Waals surface area (Å²) in [5.74, 6) is 2.11. The standard InChI is InChI=1S/C22H27N3O4/c1-22(2,3)29-21(26)25-14-16-8-17(25)13-24(16)15-9-20(12-23-11-15)28-19-7-5-6-18(10-19)27-4/h5-7,9-12,16-17H,8,13-14H2,1-4H3/t16-,17-/m0/s1. The Kier molecular flexibility index (Phi) is 4.98. The van der Waals surface area contributed by atoms with Crippen molar-refractivity contribution in [3.63, 3.8) is 0 Å². The van der Waals surface area contributed by atoms with Crippen LogP contribution < -0.4 is 14.4 Å². The van der Waals surface area contributed by atoms with E-state index in [1.165, 1.54) is 0 Å². The fourth-order valence-electron chi connectivity index (χ4n) is 3.95. The molecule has 29 heavy (non-hydrogen) atoms. The third-order valence-corrected chi connectivity index (χ3v) is 5.18. The van der Waals surface area contributed by atoms with Crippen LogP contribution in [0.2, 0.25) is 0 Å². The van der Waals surface area contributed by atoms with Crippen molar-refractivity contribution >= 4 is 11.8 Å².